The minimum Gasteiger partial charge on any atom is -0.325 e. The van der Waals surface area contributed by atoms with Crippen molar-refractivity contribution in [2.75, 3.05) is 23.1 Å². The van der Waals surface area contributed by atoms with Crippen molar-refractivity contribution in [2.45, 2.75) is 45.4 Å². The van der Waals surface area contributed by atoms with Gasteiger partial charge in [0.2, 0.25) is 15.9 Å². The SMILES string of the molecule is CCN(CC)Cc1ccc(N=C(c2ccccc2)C2C(=O)Nc3ccc(NS(=O)(=O)C(C)C)cc32)cc1. The van der Waals surface area contributed by atoms with E-state index in [0.29, 0.717) is 22.6 Å². The zero-order chi connectivity index (χ0) is 26.6. The molecule has 7 nitrogen and oxygen atoms in total. The second-order valence-corrected chi connectivity index (χ2v) is 11.6. The minimum atomic E-state index is -3.53. The minimum absolute atomic E-state index is 0.195. The van der Waals surface area contributed by atoms with Crippen LogP contribution in [0.25, 0.3) is 0 Å². The smallest absolute Gasteiger partial charge is 0.238 e. The van der Waals surface area contributed by atoms with E-state index in [1.54, 1.807) is 32.0 Å². The van der Waals surface area contributed by atoms with Crippen LogP contribution < -0.4 is 10.0 Å². The molecule has 0 saturated heterocycles. The summed E-state index contributed by atoms with van der Waals surface area (Å²) in [6.07, 6.45) is 0. The van der Waals surface area contributed by atoms with E-state index >= 15 is 0 Å². The van der Waals surface area contributed by atoms with E-state index in [9.17, 15) is 13.2 Å². The summed E-state index contributed by atoms with van der Waals surface area (Å²) in [6.45, 7) is 10.4. The maximum Gasteiger partial charge on any atom is 0.238 e. The largest absolute Gasteiger partial charge is 0.325 e. The average Bonchev–Trinajstić information content (AvgIpc) is 3.21. The summed E-state index contributed by atoms with van der Waals surface area (Å²) in [6, 6.07) is 22.8. The molecule has 4 rings (SSSR count). The van der Waals surface area contributed by atoms with Gasteiger partial charge in [-0.05, 0) is 74.0 Å². The first-order chi connectivity index (χ1) is 17.7. The molecular formula is C29H34N4O3S. The Morgan fingerprint density at radius 1 is 1.00 bits per heavy atom. The van der Waals surface area contributed by atoms with Crippen molar-refractivity contribution in [3.63, 3.8) is 0 Å². The number of aliphatic imine (C=N–C) groups is 1. The second-order valence-electron chi connectivity index (χ2n) is 9.41. The van der Waals surface area contributed by atoms with E-state index in [-0.39, 0.29) is 5.91 Å². The van der Waals surface area contributed by atoms with Gasteiger partial charge in [0.1, 0.15) is 5.92 Å². The van der Waals surface area contributed by atoms with Crippen LogP contribution in [0.5, 0.6) is 0 Å². The molecule has 37 heavy (non-hydrogen) atoms. The number of hydrogen-bond acceptors (Lipinski definition) is 5. The van der Waals surface area contributed by atoms with Crippen LogP contribution in [0.3, 0.4) is 0 Å². The van der Waals surface area contributed by atoms with Gasteiger partial charge in [0.25, 0.3) is 0 Å². The number of carbonyl (C=O) groups is 1. The molecule has 1 amide bonds. The number of amides is 1. The fourth-order valence-corrected chi connectivity index (χ4v) is 4.99. The molecule has 0 aliphatic carbocycles. The predicted octanol–water partition coefficient (Wildman–Crippen LogP) is 5.54. The van der Waals surface area contributed by atoms with Crippen LogP contribution in [0.15, 0.2) is 77.8 Å². The van der Waals surface area contributed by atoms with Crippen molar-refractivity contribution >= 4 is 38.7 Å². The van der Waals surface area contributed by atoms with Gasteiger partial charge in [-0.3, -0.25) is 19.4 Å². The number of sulfonamides is 1. The molecule has 1 heterocycles. The van der Waals surface area contributed by atoms with Gasteiger partial charge in [0.15, 0.2) is 0 Å². The Morgan fingerprint density at radius 2 is 1.68 bits per heavy atom. The molecular weight excluding hydrogens is 484 g/mol. The Kier molecular flexibility index (Phi) is 8.10. The molecule has 8 heteroatoms. The Morgan fingerprint density at radius 3 is 2.30 bits per heavy atom. The topological polar surface area (TPSA) is 90.9 Å². The van der Waals surface area contributed by atoms with E-state index in [0.717, 1.165) is 30.9 Å². The lowest BCUT2D eigenvalue weighted by molar-refractivity contribution is -0.115. The highest BCUT2D eigenvalue weighted by atomic mass is 32.2. The molecule has 0 fully saturated rings. The standard InChI is InChI=1S/C29H34N4O3S/c1-5-33(6-2)19-21-12-14-23(15-13-21)30-28(22-10-8-7-9-11-22)27-25-18-24(32-37(35,36)20(3)4)16-17-26(25)31-29(27)34/h7-18,20,27,32H,5-6,19H2,1-4H3,(H,31,34). The quantitative estimate of drug-likeness (QED) is 0.345. The molecule has 0 spiro atoms. The van der Waals surface area contributed by atoms with Crippen molar-refractivity contribution in [3.05, 3.63) is 89.5 Å². The lowest BCUT2D eigenvalue weighted by Crippen LogP contribution is -2.23. The number of rotatable bonds is 10. The third-order valence-electron chi connectivity index (χ3n) is 6.59. The monoisotopic (exact) mass is 518 g/mol. The van der Waals surface area contributed by atoms with Crippen LogP contribution >= 0.6 is 0 Å². The summed E-state index contributed by atoms with van der Waals surface area (Å²) in [5, 5.41) is 2.36. The second kappa shape index (κ2) is 11.3. The van der Waals surface area contributed by atoms with Crippen molar-refractivity contribution in [1.29, 1.82) is 0 Å². The third-order valence-corrected chi connectivity index (χ3v) is 8.35. The molecule has 3 aromatic rings. The van der Waals surface area contributed by atoms with Crippen LogP contribution in [0.2, 0.25) is 0 Å². The van der Waals surface area contributed by atoms with Crippen molar-refractivity contribution in [3.8, 4) is 0 Å². The maximum atomic E-state index is 13.2. The van der Waals surface area contributed by atoms with Gasteiger partial charge in [-0.15, -0.1) is 0 Å². The summed E-state index contributed by atoms with van der Waals surface area (Å²) in [5.41, 5.74) is 5.15. The van der Waals surface area contributed by atoms with Gasteiger partial charge in [-0.1, -0.05) is 56.3 Å². The number of nitrogens with one attached hydrogen (secondary N) is 2. The summed E-state index contributed by atoms with van der Waals surface area (Å²) >= 11 is 0. The van der Waals surface area contributed by atoms with Crippen LogP contribution in [0, 0.1) is 0 Å². The van der Waals surface area contributed by atoms with Crippen LogP contribution in [-0.2, 0) is 21.4 Å². The molecule has 0 radical (unpaired) electrons. The van der Waals surface area contributed by atoms with E-state index < -0.39 is 21.2 Å². The molecule has 1 atom stereocenters. The maximum absolute atomic E-state index is 13.2. The molecule has 2 N–H and O–H groups in total. The molecule has 0 saturated carbocycles. The lowest BCUT2D eigenvalue weighted by Gasteiger charge is -2.18. The average molecular weight is 519 g/mol. The number of nitrogens with zero attached hydrogens (tertiary/aromatic N) is 2. The molecule has 194 valence electrons. The summed E-state index contributed by atoms with van der Waals surface area (Å²) in [4.78, 5) is 20.5. The molecule has 1 aliphatic heterocycles. The van der Waals surface area contributed by atoms with Gasteiger partial charge in [0.05, 0.1) is 16.6 Å². The Hall–Kier alpha value is -3.49. The highest BCUT2D eigenvalue weighted by Gasteiger charge is 2.36. The molecule has 3 aromatic carbocycles. The molecule has 0 bridgehead atoms. The first-order valence-corrected chi connectivity index (χ1v) is 14.2. The number of fused-ring (bicyclic) bond motifs is 1. The predicted molar refractivity (Wildman–Crippen MR) is 151 cm³/mol. The highest BCUT2D eigenvalue weighted by molar-refractivity contribution is 7.93. The van der Waals surface area contributed by atoms with Gasteiger partial charge in [-0.25, -0.2) is 8.42 Å². The van der Waals surface area contributed by atoms with Crippen molar-refractivity contribution in [2.24, 2.45) is 4.99 Å². The number of hydrogen-bond donors (Lipinski definition) is 2. The van der Waals surface area contributed by atoms with Gasteiger partial charge in [0, 0.05) is 17.9 Å². The van der Waals surface area contributed by atoms with E-state index in [2.05, 4.69) is 40.9 Å². The van der Waals surface area contributed by atoms with E-state index in [1.807, 2.05) is 42.5 Å². The van der Waals surface area contributed by atoms with Crippen LogP contribution in [-0.4, -0.2) is 43.3 Å². The summed E-state index contributed by atoms with van der Waals surface area (Å²) in [5.74, 6) is -0.879. The Labute approximate surface area is 219 Å². The fourth-order valence-electron chi connectivity index (χ4n) is 4.30. The molecule has 1 unspecified atom stereocenters. The van der Waals surface area contributed by atoms with Crippen LogP contribution in [0.4, 0.5) is 17.1 Å². The lowest BCUT2D eigenvalue weighted by atomic mass is 9.90. The summed E-state index contributed by atoms with van der Waals surface area (Å²) < 4.78 is 27.5. The highest BCUT2D eigenvalue weighted by Crippen LogP contribution is 2.38. The zero-order valence-electron chi connectivity index (χ0n) is 21.7. The summed E-state index contributed by atoms with van der Waals surface area (Å²) in [7, 11) is -3.53. The van der Waals surface area contributed by atoms with E-state index in [1.165, 1.54) is 5.56 Å². The first-order valence-electron chi connectivity index (χ1n) is 12.6. The zero-order valence-corrected chi connectivity index (χ0v) is 22.5. The van der Waals surface area contributed by atoms with Gasteiger partial charge in [-0.2, -0.15) is 0 Å². The van der Waals surface area contributed by atoms with Gasteiger partial charge < -0.3 is 5.32 Å². The first kappa shape index (κ1) is 26.6. The molecule has 0 aromatic heterocycles. The van der Waals surface area contributed by atoms with Crippen LogP contribution in [0.1, 0.15) is 50.3 Å². The number of carbonyl (C=O) groups excluding carboxylic acids is 1. The van der Waals surface area contributed by atoms with Crippen molar-refractivity contribution in [1.82, 2.24) is 4.90 Å². The van der Waals surface area contributed by atoms with Crippen molar-refractivity contribution < 1.29 is 13.2 Å². The molecule has 1 aliphatic rings. The Balaban J connectivity index is 1.74. The number of anilines is 2. The third kappa shape index (κ3) is 6.09. The fraction of sp³-hybridized carbons (Fsp3) is 0.310. The normalized spacial score (nSPS) is 15.7. The van der Waals surface area contributed by atoms with E-state index in [4.69, 9.17) is 4.99 Å². The van der Waals surface area contributed by atoms with Gasteiger partial charge >= 0.3 is 0 Å². The Bertz CT molecular complexity index is 1380. The number of benzene rings is 3.